The largest absolute Gasteiger partial charge is 0.462 e. The summed E-state index contributed by atoms with van der Waals surface area (Å²) in [6, 6.07) is 0. The minimum Gasteiger partial charge on any atom is -0.462 e. The van der Waals surface area contributed by atoms with Crippen LogP contribution in [0.2, 0.25) is 0 Å². The first-order chi connectivity index (χ1) is 32.0. The summed E-state index contributed by atoms with van der Waals surface area (Å²) in [6.07, 6.45) is 72.9. The quantitative estimate of drug-likeness (QED) is 0.0199. The van der Waals surface area contributed by atoms with Crippen molar-refractivity contribution < 1.29 is 28.6 Å². The van der Waals surface area contributed by atoms with E-state index in [9.17, 15) is 14.4 Å². The number of hydrogen-bond donors (Lipinski definition) is 0. The van der Waals surface area contributed by atoms with Gasteiger partial charge in [0.15, 0.2) is 6.10 Å². The lowest BCUT2D eigenvalue weighted by Crippen LogP contribution is -2.30. The highest BCUT2D eigenvalue weighted by Crippen LogP contribution is 2.13. The smallest absolute Gasteiger partial charge is 0.306 e. The number of hydrogen-bond acceptors (Lipinski definition) is 6. The predicted molar refractivity (Wildman–Crippen MR) is 279 cm³/mol. The molecule has 0 radical (unpaired) electrons. The van der Waals surface area contributed by atoms with Crippen molar-refractivity contribution >= 4 is 17.9 Å². The molecule has 364 valence electrons. The van der Waals surface area contributed by atoms with Crippen molar-refractivity contribution in [3.8, 4) is 0 Å². The molecule has 1 atom stereocenters. The van der Waals surface area contributed by atoms with Gasteiger partial charge in [-0.3, -0.25) is 14.4 Å². The normalized spacial score (nSPS) is 13.2. The first-order valence-electron chi connectivity index (χ1n) is 25.7. The van der Waals surface area contributed by atoms with E-state index in [1.807, 2.05) is 0 Å². The fourth-order valence-electron chi connectivity index (χ4n) is 6.42. The number of unbranched alkanes of at least 4 members (excludes halogenated alkanes) is 13. The second kappa shape index (κ2) is 52.2. The van der Waals surface area contributed by atoms with Crippen LogP contribution in [0, 0.1) is 0 Å². The molecule has 6 heteroatoms. The number of esters is 3. The van der Waals surface area contributed by atoms with Crippen molar-refractivity contribution in [3.63, 3.8) is 0 Å². The average Bonchev–Trinajstić information content (AvgIpc) is 3.30. The minimum absolute atomic E-state index is 0.113. The molecular formula is C59H92O6. The highest BCUT2D eigenvalue weighted by Gasteiger charge is 2.19. The molecule has 0 amide bonds. The fraction of sp³-hybridized carbons (Fsp3) is 0.576. The monoisotopic (exact) mass is 897 g/mol. The van der Waals surface area contributed by atoms with Crippen LogP contribution < -0.4 is 0 Å². The zero-order valence-corrected chi connectivity index (χ0v) is 41.4. The second-order valence-electron chi connectivity index (χ2n) is 16.3. The van der Waals surface area contributed by atoms with Gasteiger partial charge in [0.05, 0.1) is 0 Å². The van der Waals surface area contributed by atoms with Crippen molar-refractivity contribution in [2.75, 3.05) is 13.2 Å². The van der Waals surface area contributed by atoms with Gasteiger partial charge < -0.3 is 14.2 Å². The number of carbonyl (C=O) groups excluding carboxylic acids is 3. The van der Waals surface area contributed by atoms with Gasteiger partial charge >= 0.3 is 17.9 Å². The lowest BCUT2D eigenvalue weighted by atomic mass is 10.1. The molecule has 0 fully saturated rings. The maximum Gasteiger partial charge on any atom is 0.306 e. The Hall–Kier alpha value is -4.45. The van der Waals surface area contributed by atoms with Crippen LogP contribution in [0.1, 0.15) is 201 Å². The van der Waals surface area contributed by atoms with Gasteiger partial charge in [0.1, 0.15) is 13.2 Å². The number of allylic oxidation sites excluding steroid dienone is 22. The summed E-state index contributed by atoms with van der Waals surface area (Å²) < 4.78 is 16.7. The lowest BCUT2D eigenvalue weighted by molar-refractivity contribution is -0.167. The molecule has 0 aliphatic carbocycles. The van der Waals surface area contributed by atoms with Gasteiger partial charge in [0.2, 0.25) is 0 Å². The predicted octanol–water partition coefficient (Wildman–Crippen LogP) is 17.1. The van der Waals surface area contributed by atoms with E-state index in [1.165, 1.54) is 25.7 Å². The molecule has 0 saturated carbocycles. The summed E-state index contributed by atoms with van der Waals surface area (Å²) in [7, 11) is 0. The molecule has 0 spiro atoms. The van der Waals surface area contributed by atoms with Gasteiger partial charge in [-0.25, -0.2) is 0 Å². The van der Waals surface area contributed by atoms with E-state index in [-0.39, 0.29) is 37.5 Å². The van der Waals surface area contributed by atoms with Crippen LogP contribution >= 0.6 is 0 Å². The second-order valence-corrected chi connectivity index (χ2v) is 16.3. The first kappa shape index (κ1) is 60.5. The SMILES string of the molecule is CC\C=C/C=C\C=C/CCCCCCCCCC(=O)OCC(COC(=O)CCCCC/C=C\C/C=C\C/C=C\C/C=C\CC)OC(=O)CCCCC/C=C\C/C=C\C/C=C\C/C=C\CC. The third-order valence-electron chi connectivity index (χ3n) is 10.2. The van der Waals surface area contributed by atoms with Crippen molar-refractivity contribution in [2.45, 2.75) is 207 Å². The highest BCUT2D eigenvalue weighted by atomic mass is 16.6. The molecule has 0 aliphatic heterocycles. The van der Waals surface area contributed by atoms with E-state index in [4.69, 9.17) is 14.2 Å². The Morgan fingerprint density at radius 3 is 1.05 bits per heavy atom. The van der Waals surface area contributed by atoms with Gasteiger partial charge in [0.25, 0.3) is 0 Å². The van der Waals surface area contributed by atoms with E-state index in [0.29, 0.717) is 19.3 Å². The Kier molecular flexibility index (Phi) is 48.6. The highest BCUT2D eigenvalue weighted by molar-refractivity contribution is 5.71. The topological polar surface area (TPSA) is 78.9 Å². The molecule has 0 aromatic heterocycles. The minimum atomic E-state index is -0.818. The molecule has 0 aromatic rings. The molecule has 0 aliphatic rings. The Balaban J connectivity index is 4.55. The van der Waals surface area contributed by atoms with Crippen LogP contribution in [0.15, 0.2) is 134 Å². The standard InChI is InChI=1S/C59H92O6/c1-4-7-10-13-16-19-22-25-28-31-34-37-40-43-46-49-52-58(61)64-55-56(54-63-57(60)51-48-45-42-39-36-33-30-27-24-21-18-15-12-9-6-3)65-59(62)53-50-47-44-41-38-35-32-29-26-23-20-17-14-11-8-5-2/h7-12,15-21,24-26,28-29,34-35,37-38,56H,4-6,13-14,22-23,27,30-33,36,39-55H2,1-3H3/b10-7-,11-8-,12-9-,18-15-,19-16-,20-17-,24-21-,28-25-,29-26-,37-34-,38-35-. The van der Waals surface area contributed by atoms with Crippen LogP contribution in [0.4, 0.5) is 0 Å². The van der Waals surface area contributed by atoms with Gasteiger partial charge in [-0.1, -0.05) is 199 Å². The summed E-state index contributed by atoms with van der Waals surface area (Å²) in [5.41, 5.74) is 0. The third kappa shape index (κ3) is 50.4. The summed E-state index contributed by atoms with van der Waals surface area (Å²) in [6.45, 7) is 6.19. The van der Waals surface area contributed by atoms with Gasteiger partial charge in [0, 0.05) is 19.3 Å². The molecular weight excluding hydrogens is 805 g/mol. The molecule has 1 unspecified atom stereocenters. The van der Waals surface area contributed by atoms with Crippen LogP contribution in [-0.4, -0.2) is 37.2 Å². The van der Waals surface area contributed by atoms with E-state index in [0.717, 1.165) is 128 Å². The van der Waals surface area contributed by atoms with Crippen LogP contribution in [0.25, 0.3) is 0 Å². The Morgan fingerprint density at radius 1 is 0.323 bits per heavy atom. The number of rotatable bonds is 44. The maximum absolute atomic E-state index is 12.8. The molecule has 0 saturated heterocycles. The van der Waals surface area contributed by atoms with Crippen LogP contribution in [0.3, 0.4) is 0 Å². The zero-order valence-electron chi connectivity index (χ0n) is 41.4. The lowest BCUT2D eigenvalue weighted by Gasteiger charge is -2.18. The maximum atomic E-state index is 12.8. The summed E-state index contributed by atoms with van der Waals surface area (Å²) >= 11 is 0. The van der Waals surface area contributed by atoms with Crippen molar-refractivity contribution in [1.82, 2.24) is 0 Å². The fourth-order valence-corrected chi connectivity index (χ4v) is 6.42. The summed E-state index contributed by atoms with van der Waals surface area (Å²) in [5.74, 6) is -0.998. The Bertz CT molecular complexity index is 1450. The van der Waals surface area contributed by atoms with E-state index in [1.54, 1.807) is 0 Å². The Morgan fingerprint density at radius 2 is 0.631 bits per heavy atom. The molecule has 0 aromatic carbocycles. The van der Waals surface area contributed by atoms with Crippen molar-refractivity contribution in [3.05, 3.63) is 134 Å². The molecule has 0 heterocycles. The van der Waals surface area contributed by atoms with Crippen LogP contribution in [0.5, 0.6) is 0 Å². The third-order valence-corrected chi connectivity index (χ3v) is 10.2. The van der Waals surface area contributed by atoms with Gasteiger partial charge in [-0.15, -0.1) is 0 Å². The van der Waals surface area contributed by atoms with Gasteiger partial charge in [-0.05, 0) is 116 Å². The summed E-state index contributed by atoms with van der Waals surface area (Å²) in [4.78, 5) is 38.0. The van der Waals surface area contributed by atoms with E-state index < -0.39 is 6.10 Å². The average molecular weight is 897 g/mol. The number of ether oxygens (including phenoxy) is 3. The van der Waals surface area contributed by atoms with Gasteiger partial charge in [-0.2, -0.15) is 0 Å². The molecule has 0 bridgehead atoms. The van der Waals surface area contributed by atoms with E-state index in [2.05, 4.69) is 154 Å². The molecule has 0 N–H and O–H groups in total. The molecule has 6 nitrogen and oxygen atoms in total. The first-order valence-corrected chi connectivity index (χ1v) is 25.7. The Labute approximate surface area is 398 Å². The number of carbonyl (C=O) groups is 3. The molecule has 65 heavy (non-hydrogen) atoms. The van der Waals surface area contributed by atoms with Crippen molar-refractivity contribution in [2.24, 2.45) is 0 Å². The van der Waals surface area contributed by atoms with E-state index >= 15 is 0 Å². The molecule has 0 rings (SSSR count). The zero-order chi connectivity index (χ0) is 47.2. The van der Waals surface area contributed by atoms with Crippen molar-refractivity contribution in [1.29, 1.82) is 0 Å². The summed E-state index contributed by atoms with van der Waals surface area (Å²) in [5, 5.41) is 0. The van der Waals surface area contributed by atoms with Crippen LogP contribution in [-0.2, 0) is 28.6 Å².